The predicted octanol–water partition coefficient (Wildman–Crippen LogP) is -2.67. The van der Waals surface area contributed by atoms with Crippen LogP contribution in [0.4, 0.5) is 0 Å². The van der Waals surface area contributed by atoms with Crippen LogP contribution in [0.3, 0.4) is 0 Å². The largest absolute Gasteiger partial charge is 0.433 e. The van der Waals surface area contributed by atoms with Crippen molar-refractivity contribution < 1.29 is 35.1 Å². The molecule has 5 unspecified atom stereocenters. The minimum absolute atomic E-state index is 0.847. The molecule has 7 heteroatoms. The second-order valence-electron chi connectivity index (χ2n) is 3.21. The van der Waals surface area contributed by atoms with Crippen LogP contribution in [0.25, 0.3) is 0 Å². The molecular weight excluding hydrogens is 208 g/mol. The highest BCUT2D eigenvalue weighted by atomic mass is 16.6. The number of aliphatic hydroxyl groups is 5. The fourth-order valence-electron chi connectivity index (χ4n) is 0.896. The molecule has 0 aromatic carbocycles. The summed E-state index contributed by atoms with van der Waals surface area (Å²) in [4.78, 5) is 10.4. The standard InChI is InChI=1S/C8H16O7/c1-3(9)5(11)6(12)7(13)8(14)15-4(2)10/h3,5-9,11-14H,1-2H3. The first-order valence-electron chi connectivity index (χ1n) is 4.35. The third-order valence-electron chi connectivity index (χ3n) is 1.77. The number of carbonyl (C=O) groups is 1. The highest BCUT2D eigenvalue weighted by Gasteiger charge is 2.34. The number of hydrogen-bond acceptors (Lipinski definition) is 7. The first kappa shape index (κ1) is 14.3. The lowest BCUT2D eigenvalue weighted by Crippen LogP contribution is -2.49. The Morgan fingerprint density at radius 3 is 1.80 bits per heavy atom. The molecule has 0 spiro atoms. The number of rotatable bonds is 5. The van der Waals surface area contributed by atoms with Gasteiger partial charge in [0.2, 0.25) is 6.29 Å². The Hall–Kier alpha value is -0.730. The van der Waals surface area contributed by atoms with Crippen LogP contribution in [0.5, 0.6) is 0 Å². The maximum atomic E-state index is 10.4. The summed E-state index contributed by atoms with van der Waals surface area (Å²) in [5, 5.41) is 45.5. The van der Waals surface area contributed by atoms with E-state index >= 15 is 0 Å². The van der Waals surface area contributed by atoms with Gasteiger partial charge in [0.25, 0.3) is 0 Å². The number of ether oxygens (including phenoxy) is 1. The average molecular weight is 224 g/mol. The summed E-state index contributed by atoms with van der Waals surface area (Å²) in [6.07, 6.45) is -8.60. The lowest BCUT2D eigenvalue weighted by molar-refractivity contribution is -0.210. The van der Waals surface area contributed by atoms with E-state index in [-0.39, 0.29) is 0 Å². The highest BCUT2D eigenvalue weighted by molar-refractivity contribution is 5.66. The summed E-state index contributed by atoms with van der Waals surface area (Å²) >= 11 is 0. The van der Waals surface area contributed by atoms with Crippen molar-refractivity contribution in [2.45, 2.75) is 44.6 Å². The third kappa shape index (κ3) is 4.54. The van der Waals surface area contributed by atoms with E-state index < -0.39 is 36.7 Å². The number of esters is 1. The minimum atomic E-state index is -1.95. The van der Waals surface area contributed by atoms with Crippen molar-refractivity contribution in [2.24, 2.45) is 0 Å². The van der Waals surface area contributed by atoms with Crippen molar-refractivity contribution in [2.75, 3.05) is 0 Å². The van der Waals surface area contributed by atoms with E-state index in [4.69, 9.17) is 15.3 Å². The van der Waals surface area contributed by atoms with Crippen LogP contribution in [0.15, 0.2) is 0 Å². The smallest absolute Gasteiger partial charge is 0.305 e. The van der Waals surface area contributed by atoms with Gasteiger partial charge in [-0.1, -0.05) is 0 Å². The summed E-state index contributed by atoms with van der Waals surface area (Å²) in [7, 11) is 0. The van der Waals surface area contributed by atoms with Gasteiger partial charge < -0.3 is 30.3 Å². The molecule has 5 N–H and O–H groups in total. The second-order valence-corrected chi connectivity index (χ2v) is 3.21. The summed E-state index contributed by atoms with van der Waals surface area (Å²) in [5.41, 5.74) is 0. The van der Waals surface area contributed by atoms with E-state index in [0.717, 1.165) is 6.92 Å². The normalized spacial score (nSPS) is 21.3. The number of hydrogen-bond donors (Lipinski definition) is 5. The van der Waals surface area contributed by atoms with Crippen LogP contribution >= 0.6 is 0 Å². The van der Waals surface area contributed by atoms with Crippen LogP contribution in [-0.4, -0.2) is 62.2 Å². The molecule has 0 saturated carbocycles. The third-order valence-corrected chi connectivity index (χ3v) is 1.77. The van der Waals surface area contributed by atoms with Crippen molar-refractivity contribution in [1.29, 1.82) is 0 Å². The lowest BCUT2D eigenvalue weighted by Gasteiger charge is -2.27. The Balaban J connectivity index is 4.29. The zero-order valence-corrected chi connectivity index (χ0v) is 8.44. The Morgan fingerprint density at radius 2 is 1.47 bits per heavy atom. The van der Waals surface area contributed by atoms with Crippen LogP contribution in [0.2, 0.25) is 0 Å². The van der Waals surface area contributed by atoms with E-state index in [9.17, 15) is 15.0 Å². The van der Waals surface area contributed by atoms with E-state index in [1.807, 2.05) is 0 Å². The average Bonchev–Trinajstić information content (AvgIpc) is 2.13. The van der Waals surface area contributed by atoms with Gasteiger partial charge in [-0.15, -0.1) is 0 Å². The molecule has 0 saturated heterocycles. The first-order chi connectivity index (χ1) is 6.77. The van der Waals surface area contributed by atoms with E-state index in [1.54, 1.807) is 0 Å². The molecule has 0 aliphatic heterocycles. The Bertz CT molecular complexity index is 205. The topological polar surface area (TPSA) is 127 Å². The molecule has 0 aromatic heterocycles. The Labute approximate surface area is 86.5 Å². The summed E-state index contributed by atoms with van der Waals surface area (Å²) in [6, 6.07) is 0. The van der Waals surface area contributed by atoms with Crippen LogP contribution < -0.4 is 0 Å². The quantitative estimate of drug-likeness (QED) is 0.254. The molecule has 0 fully saturated rings. The molecule has 0 bridgehead atoms. The van der Waals surface area contributed by atoms with Gasteiger partial charge in [0.1, 0.15) is 18.3 Å². The van der Waals surface area contributed by atoms with E-state index in [1.165, 1.54) is 6.92 Å². The zero-order chi connectivity index (χ0) is 12.2. The van der Waals surface area contributed by atoms with Gasteiger partial charge in [0.05, 0.1) is 6.10 Å². The minimum Gasteiger partial charge on any atom is -0.433 e. The van der Waals surface area contributed by atoms with Gasteiger partial charge in [0, 0.05) is 6.92 Å². The van der Waals surface area contributed by atoms with Gasteiger partial charge in [0.15, 0.2) is 0 Å². The lowest BCUT2D eigenvalue weighted by atomic mass is 10.0. The van der Waals surface area contributed by atoms with Gasteiger partial charge in [-0.05, 0) is 6.92 Å². The maximum Gasteiger partial charge on any atom is 0.305 e. The molecule has 90 valence electrons. The molecule has 0 aromatic rings. The predicted molar refractivity (Wildman–Crippen MR) is 47.5 cm³/mol. The van der Waals surface area contributed by atoms with Gasteiger partial charge in [-0.3, -0.25) is 4.79 Å². The molecule has 5 atom stereocenters. The molecule has 0 amide bonds. The van der Waals surface area contributed by atoms with Crippen molar-refractivity contribution in [3.8, 4) is 0 Å². The molecule has 0 aliphatic rings. The molecule has 7 nitrogen and oxygen atoms in total. The summed E-state index contributed by atoms with van der Waals surface area (Å²) in [5.74, 6) is -0.847. The fraction of sp³-hybridized carbons (Fsp3) is 0.875. The second kappa shape index (κ2) is 5.99. The Kier molecular flexibility index (Phi) is 5.69. The molecule has 0 rings (SSSR count). The number of aliphatic hydroxyl groups excluding tert-OH is 5. The first-order valence-corrected chi connectivity index (χ1v) is 4.35. The van der Waals surface area contributed by atoms with Gasteiger partial charge >= 0.3 is 5.97 Å². The van der Waals surface area contributed by atoms with Gasteiger partial charge in [-0.25, -0.2) is 0 Å². The van der Waals surface area contributed by atoms with Crippen molar-refractivity contribution in [3.05, 3.63) is 0 Å². The fourth-order valence-corrected chi connectivity index (χ4v) is 0.896. The molecular formula is C8H16O7. The summed E-state index contributed by atoms with van der Waals surface area (Å²) < 4.78 is 4.18. The Morgan fingerprint density at radius 1 is 1.00 bits per heavy atom. The SMILES string of the molecule is CC(=O)OC(O)C(O)C(O)C(O)C(C)O. The number of carbonyl (C=O) groups excluding carboxylic acids is 1. The van der Waals surface area contributed by atoms with Crippen molar-refractivity contribution >= 4 is 5.97 Å². The molecule has 0 heterocycles. The highest BCUT2D eigenvalue weighted by Crippen LogP contribution is 2.09. The van der Waals surface area contributed by atoms with E-state index in [0.29, 0.717) is 0 Å². The molecule has 15 heavy (non-hydrogen) atoms. The van der Waals surface area contributed by atoms with Crippen LogP contribution in [0.1, 0.15) is 13.8 Å². The molecule has 0 radical (unpaired) electrons. The van der Waals surface area contributed by atoms with Crippen LogP contribution in [-0.2, 0) is 9.53 Å². The zero-order valence-electron chi connectivity index (χ0n) is 8.44. The van der Waals surface area contributed by atoms with Gasteiger partial charge in [-0.2, -0.15) is 0 Å². The van der Waals surface area contributed by atoms with Crippen LogP contribution in [0, 0.1) is 0 Å². The summed E-state index contributed by atoms with van der Waals surface area (Å²) in [6.45, 7) is 2.20. The van der Waals surface area contributed by atoms with Crippen molar-refractivity contribution in [3.63, 3.8) is 0 Å². The van der Waals surface area contributed by atoms with Crippen molar-refractivity contribution in [1.82, 2.24) is 0 Å². The van der Waals surface area contributed by atoms with E-state index in [2.05, 4.69) is 4.74 Å². The monoisotopic (exact) mass is 224 g/mol. The maximum absolute atomic E-state index is 10.4. The molecule has 0 aliphatic carbocycles.